The molecule has 1 aliphatic heterocycles. The summed E-state index contributed by atoms with van der Waals surface area (Å²) in [4.78, 5) is 36.1. The molecule has 0 aromatic heterocycles. The third-order valence-electron chi connectivity index (χ3n) is 3.98. The van der Waals surface area contributed by atoms with Gasteiger partial charge in [0.1, 0.15) is 0 Å². The average molecular weight is 341 g/mol. The fourth-order valence-electron chi connectivity index (χ4n) is 2.71. The number of hydrogen-bond acceptors (Lipinski definition) is 6. The van der Waals surface area contributed by atoms with E-state index in [0.717, 1.165) is 23.7 Å². The third kappa shape index (κ3) is 3.27. The Balaban J connectivity index is 1.68. The number of nitrogen functional groups attached to an aromatic ring is 1. The molecule has 1 aliphatic rings. The number of amides is 1. The van der Waals surface area contributed by atoms with Crippen LogP contribution in [0.5, 0.6) is 0 Å². The molecule has 0 unspecified atom stereocenters. The van der Waals surface area contributed by atoms with Gasteiger partial charge in [0.05, 0.1) is 10.5 Å². The standard InChI is InChI=1S/C17H15N3O5/c18-14-6-5-12(20(23)24)9-13(14)17(22)25-10-16(21)19-8-7-11-3-1-2-4-15(11)19/h1-6,9H,7-8,10,18H2. The van der Waals surface area contributed by atoms with Crippen molar-refractivity contribution >= 4 is 28.9 Å². The summed E-state index contributed by atoms with van der Waals surface area (Å²) in [6.07, 6.45) is 0.744. The first-order chi connectivity index (χ1) is 12.0. The second-order valence-corrected chi connectivity index (χ2v) is 5.53. The summed E-state index contributed by atoms with van der Waals surface area (Å²) < 4.78 is 5.00. The van der Waals surface area contributed by atoms with Crippen LogP contribution in [0.3, 0.4) is 0 Å². The molecule has 0 fully saturated rings. The maximum absolute atomic E-state index is 12.3. The van der Waals surface area contributed by atoms with Gasteiger partial charge in [-0.1, -0.05) is 18.2 Å². The first-order valence-corrected chi connectivity index (χ1v) is 7.56. The second kappa shape index (κ2) is 6.60. The number of anilines is 2. The van der Waals surface area contributed by atoms with Crippen LogP contribution in [-0.2, 0) is 16.0 Å². The number of benzene rings is 2. The van der Waals surface area contributed by atoms with Crippen molar-refractivity contribution in [1.82, 2.24) is 0 Å². The van der Waals surface area contributed by atoms with Crippen LogP contribution in [0.15, 0.2) is 42.5 Å². The fraction of sp³-hybridized carbons (Fsp3) is 0.176. The van der Waals surface area contributed by atoms with Gasteiger partial charge < -0.3 is 15.4 Å². The topological polar surface area (TPSA) is 116 Å². The summed E-state index contributed by atoms with van der Waals surface area (Å²) in [5, 5.41) is 10.8. The summed E-state index contributed by atoms with van der Waals surface area (Å²) in [5.41, 5.74) is 7.17. The SMILES string of the molecule is Nc1ccc([N+](=O)[O-])cc1C(=O)OCC(=O)N1CCc2ccccc21. The van der Waals surface area contributed by atoms with E-state index in [2.05, 4.69) is 0 Å². The van der Waals surface area contributed by atoms with Gasteiger partial charge in [-0.05, 0) is 24.1 Å². The Hall–Kier alpha value is -3.42. The molecule has 1 heterocycles. The lowest BCUT2D eigenvalue weighted by Crippen LogP contribution is -2.33. The molecule has 0 atom stereocenters. The highest BCUT2D eigenvalue weighted by atomic mass is 16.6. The van der Waals surface area contributed by atoms with E-state index in [1.54, 1.807) is 4.90 Å². The van der Waals surface area contributed by atoms with Crippen LogP contribution < -0.4 is 10.6 Å². The zero-order chi connectivity index (χ0) is 18.0. The van der Waals surface area contributed by atoms with Crippen LogP contribution in [0.2, 0.25) is 0 Å². The molecule has 2 aromatic rings. The third-order valence-corrected chi connectivity index (χ3v) is 3.98. The van der Waals surface area contributed by atoms with Crippen LogP contribution in [0.1, 0.15) is 15.9 Å². The summed E-state index contributed by atoms with van der Waals surface area (Å²) in [5.74, 6) is -1.23. The maximum atomic E-state index is 12.3. The summed E-state index contributed by atoms with van der Waals surface area (Å²) >= 11 is 0. The molecular weight excluding hydrogens is 326 g/mol. The van der Waals surface area contributed by atoms with Crippen molar-refractivity contribution in [2.45, 2.75) is 6.42 Å². The number of nitrogens with zero attached hydrogens (tertiary/aromatic N) is 2. The van der Waals surface area contributed by atoms with E-state index in [4.69, 9.17) is 10.5 Å². The van der Waals surface area contributed by atoms with Crippen molar-refractivity contribution in [1.29, 1.82) is 0 Å². The predicted molar refractivity (Wildman–Crippen MR) is 90.3 cm³/mol. The highest BCUT2D eigenvalue weighted by Crippen LogP contribution is 2.27. The Kier molecular flexibility index (Phi) is 4.34. The van der Waals surface area contributed by atoms with Crippen molar-refractivity contribution in [3.63, 3.8) is 0 Å². The molecule has 1 amide bonds. The van der Waals surface area contributed by atoms with E-state index >= 15 is 0 Å². The number of para-hydroxylation sites is 1. The normalized spacial score (nSPS) is 12.6. The zero-order valence-electron chi connectivity index (χ0n) is 13.2. The van der Waals surface area contributed by atoms with Crippen molar-refractivity contribution in [3.8, 4) is 0 Å². The van der Waals surface area contributed by atoms with Crippen molar-refractivity contribution in [3.05, 3.63) is 63.7 Å². The van der Waals surface area contributed by atoms with E-state index in [9.17, 15) is 19.7 Å². The summed E-state index contributed by atoms with van der Waals surface area (Å²) in [7, 11) is 0. The average Bonchev–Trinajstić information content (AvgIpc) is 3.03. The van der Waals surface area contributed by atoms with Gasteiger partial charge >= 0.3 is 5.97 Å². The predicted octanol–water partition coefficient (Wildman–Crippen LogP) is 1.92. The van der Waals surface area contributed by atoms with Gasteiger partial charge in [-0.15, -0.1) is 0 Å². The number of non-ortho nitro benzene ring substituents is 1. The Morgan fingerprint density at radius 2 is 2.00 bits per heavy atom. The summed E-state index contributed by atoms with van der Waals surface area (Å²) in [6, 6.07) is 11.0. The molecule has 3 rings (SSSR count). The smallest absolute Gasteiger partial charge is 0.341 e. The van der Waals surface area contributed by atoms with Crippen LogP contribution in [0.4, 0.5) is 17.1 Å². The van der Waals surface area contributed by atoms with Gasteiger partial charge in [-0.25, -0.2) is 4.79 Å². The zero-order valence-corrected chi connectivity index (χ0v) is 13.2. The molecule has 0 spiro atoms. The molecule has 0 radical (unpaired) electrons. The number of nitro benzene ring substituents is 1. The Labute approximate surface area is 142 Å². The minimum absolute atomic E-state index is 0.0505. The molecular formula is C17H15N3O5. The quantitative estimate of drug-likeness (QED) is 0.393. The monoisotopic (exact) mass is 341 g/mol. The van der Waals surface area contributed by atoms with Crippen molar-refractivity contribution in [2.75, 3.05) is 23.8 Å². The molecule has 0 saturated carbocycles. The largest absolute Gasteiger partial charge is 0.452 e. The maximum Gasteiger partial charge on any atom is 0.341 e. The van der Waals surface area contributed by atoms with E-state index in [0.29, 0.717) is 6.54 Å². The van der Waals surface area contributed by atoms with Gasteiger partial charge in [0, 0.05) is 30.1 Å². The second-order valence-electron chi connectivity index (χ2n) is 5.53. The van der Waals surface area contributed by atoms with Crippen LogP contribution >= 0.6 is 0 Å². The number of nitro groups is 1. The molecule has 2 N–H and O–H groups in total. The Morgan fingerprint density at radius 3 is 2.76 bits per heavy atom. The lowest BCUT2D eigenvalue weighted by molar-refractivity contribution is -0.384. The van der Waals surface area contributed by atoms with Crippen LogP contribution in [0, 0.1) is 10.1 Å². The number of rotatable bonds is 4. The number of carbonyl (C=O) groups excluding carboxylic acids is 2. The molecule has 0 aliphatic carbocycles. The molecule has 25 heavy (non-hydrogen) atoms. The number of fused-ring (bicyclic) bond motifs is 1. The highest BCUT2D eigenvalue weighted by Gasteiger charge is 2.25. The Bertz CT molecular complexity index is 865. The lowest BCUT2D eigenvalue weighted by Gasteiger charge is -2.17. The lowest BCUT2D eigenvalue weighted by atomic mass is 10.1. The molecule has 8 heteroatoms. The van der Waals surface area contributed by atoms with Gasteiger partial charge in [0.15, 0.2) is 6.61 Å². The van der Waals surface area contributed by atoms with E-state index in [1.165, 1.54) is 12.1 Å². The Morgan fingerprint density at radius 1 is 1.24 bits per heavy atom. The minimum atomic E-state index is -0.873. The molecule has 128 valence electrons. The first kappa shape index (κ1) is 16.4. The molecule has 2 aromatic carbocycles. The number of ether oxygens (including phenoxy) is 1. The summed E-state index contributed by atoms with van der Waals surface area (Å²) in [6.45, 7) is 0.0595. The first-order valence-electron chi connectivity index (χ1n) is 7.56. The molecule has 8 nitrogen and oxygen atoms in total. The molecule has 0 saturated heterocycles. The number of hydrogen-bond donors (Lipinski definition) is 1. The van der Waals surface area contributed by atoms with Gasteiger partial charge in [0.2, 0.25) is 0 Å². The van der Waals surface area contributed by atoms with Gasteiger partial charge in [0.25, 0.3) is 11.6 Å². The van der Waals surface area contributed by atoms with Gasteiger partial charge in [-0.3, -0.25) is 14.9 Å². The van der Waals surface area contributed by atoms with Crippen LogP contribution in [-0.4, -0.2) is 30.0 Å². The van der Waals surface area contributed by atoms with Crippen molar-refractivity contribution in [2.24, 2.45) is 0 Å². The van der Waals surface area contributed by atoms with E-state index in [-0.39, 0.29) is 22.8 Å². The van der Waals surface area contributed by atoms with Crippen molar-refractivity contribution < 1.29 is 19.2 Å². The number of esters is 1. The fourth-order valence-corrected chi connectivity index (χ4v) is 2.71. The van der Waals surface area contributed by atoms with E-state index in [1.807, 2.05) is 24.3 Å². The highest BCUT2D eigenvalue weighted by molar-refractivity contribution is 6.00. The van der Waals surface area contributed by atoms with Crippen LogP contribution in [0.25, 0.3) is 0 Å². The number of carbonyl (C=O) groups is 2. The molecule has 0 bridgehead atoms. The van der Waals surface area contributed by atoms with Gasteiger partial charge in [-0.2, -0.15) is 0 Å². The minimum Gasteiger partial charge on any atom is -0.452 e. The van der Waals surface area contributed by atoms with E-state index < -0.39 is 17.5 Å². The number of nitrogens with two attached hydrogens (primary N) is 1.